The fourth-order valence-corrected chi connectivity index (χ4v) is 3.44. The van der Waals surface area contributed by atoms with Gasteiger partial charge in [-0.15, -0.1) is 0 Å². The number of hydrogen-bond acceptors (Lipinski definition) is 2. The molecule has 0 spiro atoms. The third-order valence-electron chi connectivity index (χ3n) is 5.14. The molecule has 0 saturated heterocycles. The second-order valence-corrected chi connectivity index (χ2v) is 7.02. The van der Waals surface area contributed by atoms with Crippen LogP contribution in [0.25, 0.3) is 11.1 Å². The first-order valence-electron chi connectivity index (χ1n) is 9.49. The van der Waals surface area contributed by atoms with E-state index >= 15 is 0 Å². The third-order valence-corrected chi connectivity index (χ3v) is 5.14. The number of rotatable bonds is 6. The Morgan fingerprint density at radius 1 is 0.815 bits per heavy atom. The maximum absolute atomic E-state index is 6.23. The van der Waals surface area contributed by atoms with Gasteiger partial charge >= 0.3 is 0 Å². The Morgan fingerprint density at radius 3 is 2.37 bits per heavy atom. The number of benzene rings is 3. The van der Waals surface area contributed by atoms with Gasteiger partial charge in [0.05, 0.1) is 7.11 Å². The maximum atomic E-state index is 6.23. The predicted molar refractivity (Wildman–Crippen MR) is 113 cm³/mol. The van der Waals surface area contributed by atoms with Gasteiger partial charge < -0.3 is 9.47 Å². The second kappa shape index (κ2) is 8.30. The van der Waals surface area contributed by atoms with Gasteiger partial charge in [0.2, 0.25) is 0 Å². The normalized spacial score (nSPS) is 10.7. The van der Waals surface area contributed by atoms with Gasteiger partial charge in [-0.05, 0) is 78.8 Å². The van der Waals surface area contributed by atoms with Crippen molar-refractivity contribution in [2.24, 2.45) is 0 Å². The minimum atomic E-state index is 0.560. The van der Waals surface area contributed by atoms with Crippen LogP contribution in [0.2, 0.25) is 0 Å². The Labute approximate surface area is 162 Å². The van der Waals surface area contributed by atoms with Crippen molar-refractivity contribution in [3.8, 4) is 22.6 Å². The average molecular weight is 360 g/mol. The average Bonchev–Trinajstić information content (AvgIpc) is 2.69. The van der Waals surface area contributed by atoms with Crippen LogP contribution in [0.3, 0.4) is 0 Å². The Kier molecular flexibility index (Phi) is 5.85. The van der Waals surface area contributed by atoms with Gasteiger partial charge in [0, 0.05) is 0 Å². The van der Waals surface area contributed by atoms with Gasteiger partial charge in [0.15, 0.2) is 0 Å². The molecule has 0 fully saturated rings. The summed E-state index contributed by atoms with van der Waals surface area (Å²) in [5.41, 5.74) is 8.71. The standard InChI is InChI=1S/C25H28O2/c1-6-20-15-22(26-5)13-12-21(20)16-27-25-9-7-8-23(19(25)4)24-14-17(2)10-11-18(24)3/h7-15H,6,16H2,1-5H3. The predicted octanol–water partition coefficient (Wildman–Crippen LogP) is 6.43. The highest BCUT2D eigenvalue weighted by Crippen LogP contribution is 2.33. The highest BCUT2D eigenvalue weighted by atomic mass is 16.5. The minimum absolute atomic E-state index is 0.560. The first-order chi connectivity index (χ1) is 13.0. The smallest absolute Gasteiger partial charge is 0.123 e. The molecular weight excluding hydrogens is 332 g/mol. The summed E-state index contributed by atoms with van der Waals surface area (Å²) in [6.07, 6.45) is 0.956. The van der Waals surface area contributed by atoms with Crippen molar-refractivity contribution in [3.63, 3.8) is 0 Å². The number of ether oxygens (including phenoxy) is 2. The summed E-state index contributed by atoms with van der Waals surface area (Å²) in [4.78, 5) is 0. The maximum Gasteiger partial charge on any atom is 0.123 e. The molecule has 2 nitrogen and oxygen atoms in total. The van der Waals surface area contributed by atoms with Gasteiger partial charge in [-0.2, -0.15) is 0 Å². The van der Waals surface area contributed by atoms with Crippen LogP contribution in [0.4, 0.5) is 0 Å². The quantitative estimate of drug-likeness (QED) is 0.504. The van der Waals surface area contributed by atoms with Crippen LogP contribution >= 0.6 is 0 Å². The molecule has 0 saturated carbocycles. The molecule has 0 N–H and O–H groups in total. The van der Waals surface area contributed by atoms with E-state index in [1.807, 2.05) is 6.07 Å². The fourth-order valence-electron chi connectivity index (χ4n) is 3.44. The molecule has 140 valence electrons. The van der Waals surface area contributed by atoms with Gasteiger partial charge in [-0.25, -0.2) is 0 Å². The van der Waals surface area contributed by atoms with Crippen LogP contribution in [-0.4, -0.2) is 7.11 Å². The number of methoxy groups -OCH3 is 1. The van der Waals surface area contributed by atoms with Crippen molar-refractivity contribution < 1.29 is 9.47 Å². The molecule has 0 unspecified atom stereocenters. The van der Waals surface area contributed by atoms with Crippen LogP contribution in [0.15, 0.2) is 54.6 Å². The van der Waals surface area contributed by atoms with E-state index in [-0.39, 0.29) is 0 Å². The van der Waals surface area contributed by atoms with Gasteiger partial charge in [-0.1, -0.05) is 48.9 Å². The van der Waals surface area contributed by atoms with Crippen molar-refractivity contribution in [1.29, 1.82) is 0 Å². The zero-order valence-electron chi connectivity index (χ0n) is 16.9. The summed E-state index contributed by atoms with van der Waals surface area (Å²) < 4.78 is 11.6. The van der Waals surface area contributed by atoms with E-state index in [2.05, 4.69) is 76.2 Å². The van der Waals surface area contributed by atoms with Crippen molar-refractivity contribution in [2.45, 2.75) is 40.7 Å². The van der Waals surface area contributed by atoms with Gasteiger partial charge in [-0.3, -0.25) is 0 Å². The Balaban J connectivity index is 1.88. The van der Waals surface area contributed by atoms with E-state index in [1.54, 1.807) is 7.11 Å². The molecule has 3 rings (SSSR count). The van der Waals surface area contributed by atoms with E-state index in [4.69, 9.17) is 9.47 Å². The molecule has 0 aromatic heterocycles. The lowest BCUT2D eigenvalue weighted by atomic mass is 9.94. The topological polar surface area (TPSA) is 18.5 Å². The lowest BCUT2D eigenvalue weighted by Gasteiger charge is -2.16. The molecule has 0 atom stereocenters. The van der Waals surface area contributed by atoms with Crippen molar-refractivity contribution in [3.05, 3.63) is 82.4 Å². The first-order valence-corrected chi connectivity index (χ1v) is 9.49. The molecule has 0 bridgehead atoms. The first kappa shape index (κ1) is 19.0. The molecule has 0 heterocycles. The lowest BCUT2D eigenvalue weighted by molar-refractivity contribution is 0.303. The van der Waals surface area contributed by atoms with Gasteiger partial charge in [0.25, 0.3) is 0 Å². The fraction of sp³-hybridized carbons (Fsp3) is 0.280. The molecule has 0 aliphatic carbocycles. The summed E-state index contributed by atoms with van der Waals surface area (Å²) in [5.74, 6) is 1.83. The Hall–Kier alpha value is -2.74. The molecule has 3 aromatic rings. The van der Waals surface area contributed by atoms with Crippen molar-refractivity contribution in [2.75, 3.05) is 7.11 Å². The van der Waals surface area contributed by atoms with Crippen molar-refractivity contribution >= 4 is 0 Å². The highest BCUT2D eigenvalue weighted by Gasteiger charge is 2.11. The minimum Gasteiger partial charge on any atom is -0.497 e. The number of hydrogen-bond donors (Lipinski definition) is 0. The molecule has 0 amide bonds. The summed E-state index contributed by atoms with van der Waals surface area (Å²) >= 11 is 0. The number of aryl methyl sites for hydroxylation is 3. The Morgan fingerprint density at radius 2 is 1.63 bits per heavy atom. The van der Waals surface area contributed by atoms with E-state index < -0.39 is 0 Å². The van der Waals surface area contributed by atoms with Crippen molar-refractivity contribution in [1.82, 2.24) is 0 Å². The zero-order valence-corrected chi connectivity index (χ0v) is 16.9. The van der Waals surface area contributed by atoms with E-state index in [0.29, 0.717) is 6.61 Å². The van der Waals surface area contributed by atoms with Crippen LogP contribution in [0.5, 0.6) is 11.5 Å². The summed E-state index contributed by atoms with van der Waals surface area (Å²) in [6, 6.07) is 19.1. The summed E-state index contributed by atoms with van der Waals surface area (Å²) in [5, 5.41) is 0. The third kappa shape index (κ3) is 4.16. The summed E-state index contributed by atoms with van der Waals surface area (Å²) in [6.45, 7) is 9.15. The molecule has 2 heteroatoms. The molecule has 0 radical (unpaired) electrons. The molecular formula is C25H28O2. The largest absolute Gasteiger partial charge is 0.497 e. The highest BCUT2D eigenvalue weighted by molar-refractivity contribution is 5.73. The van der Waals surface area contributed by atoms with Crippen LogP contribution in [0.1, 0.15) is 34.7 Å². The molecule has 3 aromatic carbocycles. The molecule has 0 aliphatic rings. The monoisotopic (exact) mass is 360 g/mol. The summed E-state index contributed by atoms with van der Waals surface area (Å²) in [7, 11) is 1.70. The second-order valence-electron chi connectivity index (χ2n) is 7.02. The molecule has 0 aliphatic heterocycles. The lowest BCUT2D eigenvalue weighted by Crippen LogP contribution is -2.02. The SMILES string of the molecule is CCc1cc(OC)ccc1COc1cccc(-c2cc(C)ccc2C)c1C. The molecule has 27 heavy (non-hydrogen) atoms. The van der Waals surface area contributed by atoms with Crippen LogP contribution in [0, 0.1) is 20.8 Å². The van der Waals surface area contributed by atoms with Crippen LogP contribution < -0.4 is 9.47 Å². The zero-order chi connectivity index (χ0) is 19.4. The Bertz CT molecular complexity index is 941. The van der Waals surface area contributed by atoms with Gasteiger partial charge in [0.1, 0.15) is 18.1 Å². The van der Waals surface area contributed by atoms with E-state index in [9.17, 15) is 0 Å². The van der Waals surface area contributed by atoms with E-state index in [1.165, 1.54) is 38.9 Å². The van der Waals surface area contributed by atoms with E-state index in [0.717, 1.165) is 17.9 Å². The van der Waals surface area contributed by atoms with Crippen LogP contribution in [-0.2, 0) is 13.0 Å².